The Hall–Kier alpha value is -1.82. The number of carboxylic acids is 1. The van der Waals surface area contributed by atoms with Gasteiger partial charge in [0.15, 0.2) is 0 Å². The molecule has 0 fully saturated rings. The van der Waals surface area contributed by atoms with Gasteiger partial charge in [-0.2, -0.15) is 0 Å². The summed E-state index contributed by atoms with van der Waals surface area (Å²) in [5.41, 5.74) is -0.888. The Morgan fingerprint density at radius 3 is 2.50 bits per heavy atom. The summed E-state index contributed by atoms with van der Waals surface area (Å²) in [4.78, 5) is 22.3. The van der Waals surface area contributed by atoms with Gasteiger partial charge in [-0.1, -0.05) is 11.6 Å². The number of carbonyl (C=O) groups excluding carboxylic acids is 1. The van der Waals surface area contributed by atoms with Crippen molar-refractivity contribution < 1.29 is 23.8 Å². The van der Waals surface area contributed by atoms with Gasteiger partial charge in [0.2, 0.25) is 0 Å². The number of ether oxygens (including phenoxy) is 1. The minimum absolute atomic E-state index is 0.0117. The molecule has 0 saturated heterocycles. The zero-order valence-corrected chi connectivity index (χ0v) is 12.0. The molecule has 20 heavy (non-hydrogen) atoms. The SMILES string of the molecule is CC(C)(C)OC(=O)NCc1cc(C(=O)O)c(Cl)cc1F. The molecule has 0 radical (unpaired) electrons. The number of nitrogens with one attached hydrogen (secondary N) is 1. The molecule has 110 valence electrons. The van der Waals surface area contributed by atoms with Crippen LogP contribution in [0.4, 0.5) is 9.18 Å². The largest absolute Gasteiger partial charge is 0.478 e. The molecule has 5 nitrogen and oxygen atoms in total. The molecule has 0 unspecified atom stereocenters. The number of carbonyl (C=O) groups is 2. The van der Waals surface area contributed by atoms with Crippen molar-refractivity contribution in [3.8, 4) is 0 Å². The number of alkyl carbamates (subject to hydrolysis) is 1. The maximum atomic E-state index is 13.6. The van der Waals surface area contributed by atoms with Gasteiger partial charge in [-0.05, 0) is 32.9 Å². The number of carboxylic acid groups (broad SMARTS) is 1. The second kappa shape index (κ2) is 6.09. The van der Waals surface area contributed by atoms with Crippen molar-refractivity contribution in [2.24, 2.45) is 0 Å². The number of aromatic carboxylic acids is 1. The predicted octanol–water partition coefficient (Wildman–Crippen LogP) is 3.20. The number of hydrogen-bond acceptors (Lipinski definition) is 3. The summed E-state index contributed by atoms with van der Waals surface area (Å²) in [7, 11) is 0. The Morgan fingerprint density at radius 1 is 1.40 bits per heavy atom. The summed E-state index contributed by atoms with van der Waals surface area (Å²) in [6.45, 7) is 4.88. The first-order valence-corrected chi connectivity index (χ1v) is 6.16. The second-order valence-electron chi connectivity index (χ2n) is 5.08. The summed E-state index contributed by atoms with van der Waals surface area (Å²) in [6.07, 6.45) is -0.719. The molecule has 0 saturated carbocycles. The van der Waals surface area contributed by atoms with Crippen molar-refractivity contribution in [2.45, 2.75) is 32.9 Å². The van der Waals surface area contributed by atoms with Crippen LogP contribution >= 0.6 is 11.6 Å². The van der Waals surface area contributed by atoms with Crippen molar-refractivity contribution in [2.75, 3.05) is 0 Å². The fourth-order valence-electron chi connectivity index (χ4n) is 1.37. The van der Waals surface area contributed by atoms with E-state index < -0.39 is 23.5 Å². The topological polar surface area (TPSA) is 75.6 Å². The fraction of sp³-hybridized carbons (Fsp3) is 0.385. The number of benzene rings is 1. The summed E-state index contributed by atoms with van der Waals surface area (Å²) < 4.78 is 18.6. The van der Waals surface area contributed by atoms with E-state index in [1.165, 1.54) is 0 Å². The van der Waals surface area contributed by atoms with Gasteiger partial charge >= 0.3 is 12.1 Å². The van der Waals surface area contributed by atoms with E-state index in [1.807, 2.05) is 0 Å². The zero-order valence-electron chi connectivity index (χ0n) is 11.3. The summed E-state index contributed by atoms with van der Waals surface area (Å²) >= 11 is 5.61. The van der Waals surface area contributed by atoms with E-state index in [0.717, 1.165) is 12.1 Å². The van der Waals surface area contributed by atoms with E-state index >= 15 is 0 Å². The first kappa shape index (κ1) is 16.2. The fourth-order valence-corrected chi connectivity index (χ4v) is 1.61. The van der Waals surface area contributed by atoms with Crippen LogP contribution in [0.25, 0.3) is 0 Å². The van der Waals surface area contributed by atoms with Crippen LogP contribution in [0.5, 0.6) is 0 Å². The van der Waals surface area contributed by atoms with Crippen molar-refractivity contribution in [1.29, 1.82) is 0 Å². The minimum Gasteiger partial charge on any atom is -0.478 e. The lowest BCUT2D eigenvalue weighted by molar-refractivity contribution is 0.0523. The van der Waals surface area contributed by atoms with Gasteiger partial charge in [0.1, 0.15) is 11.4 Å². The Labute approximate surface area is 120 Å². The molecule has 0 aliphatic rings. The zero-order chi connectivity index (χ0) is 15.5. The summed E-state index contributed by atoms with van der Waals surface area (Å²) in [5, 5.41) is 11.0. The van der Waals surface area contributed by atoms with Crippen LogP contribution < -0.4 is 5.32 Å². The first-order chi connectivity index (χ1) is 9.10. The Balaban J connectivity index is 2.81. The van der Waals surface area contributed by atoms with Crippen molar-refractivity contribution in [3.63, 3.8) is 0 Å². The first-order valence-electron chi connectivity index (χ1n) is 5.78. The van der Waals surface area contributed by atoms with Gasteiger partial charge in [-0.15, -0.1) is 0 Å². The molecular weight excluding hydrogens is 289 g/mol. The lowest BCUT2D eigenvalue weighted by Crippen LogP contribution is -2.32. The molecule has 0 atom stereocenters. The van der Waals surface area contributed by atoms with Crippen molar-refractivity contribution >= 4 is 23.7 Å². The van der Waals surface area contributed by atoms with Gasteiger partial charge in [-0.25, -0.2) is 14.0 Å². The van der Waals surface area contributed by atoms with Crippen LogP contribution in [0.15, 0.2) is 12.1 Å². The molecule has 0 aromatic heterocycles. The smallest absolute Gasteiger partial charge is 0.407 e. The quantitative estimate of drug-likeness (QED) is 0.899. The Kier molecular flexibility index (Phi) is 4.94. The lowest BCUT2D eigenvalue weighted by Gasteiger charge is -2.19. The molecule has 0 spiro atoms. The second-order valence-corrected chi connectivity index (χ2v) is 5.49. The molecule has 2 N–H and O–H groups in total. The third-order valence-corrected chi connectivity index (χ3v) is 2.50. The normalized spacial score (nSPS) is 11.1. The van der Waals surface area contributed by atoms with Gasteiger partial charge in [0, 0.05) is 12.1 Å². The van der Waals surface area contributed by atoms with Crippen LogP contribution in [0, 0.1) is 5.82 Å². The summed E-state index contributed by atoms with van der Waals surface area (Å²) in [6, 6.07) is 1.98. The minimum atomic E-state index is -1.27. The molecule has 0 heterocycles. The highest BCUT2D eigenvalue weighted by Crippen LogP contribution is 2.21. The molecule has 0 aliphatic carbocycles. The molecule has 1 aromatic carbocycles. The Morgan fingerprint density at radius 2 is 2.00 bits per heavy atom. The maximum absolute atomic E-state index is 13.6. The maximum Gasteiger partial charge on any atom is 0.407 e. The third-order valence-electron chi connectivity index (χ3n) is 2.19. The van der Waals surface area contributed by atoms with Crippen LogP contribution in [0.2, 0.25) is 5.02 Å². The highest BCUT2D eigenvalue weighted by atomic mass is 35.5. The van der Waals surface area contributed by atoms with Crippen LogP contribution in [-0.2, 0) is 11.3 Å². The van der Waals surface area contributed by atoms with Crippen molar-refractivity contribution in [1.82, 2.24) is 5.32 Å². The average molecular weight is 304 g/mol. The van der Waals surface area contributed by atoms with Crippen LogP contribution in [0.1, 0.15) is 36.7 Å². The average Bonchev–Trinajstić information content (AvgIpc) is 2.24. The lowest BCUT2D eigenvalue weighted by atomic mass is 10.1. The van der Waals surface area contributed by atoms with Crippen LogP contribution in [0.3, 0.4) is 0 Å². The van der Waals surface area contributed by atoms with E-state index in [4.69, 9.17) is 21.4 Å². The van der Waals surface area contributed by atoms with E-state index in [2.05, 4.69) is 5.32 Å². The number of amides is 1. The molecule has 0 bridgehead atoms. The molecule has 1 rings (SSSR count). The van der Waals surface area contributed by atoms with E-state index in [0.29, 0.717) is 0 Å². The molecule has 0 aliphatic heterocycles. The predicted molar refractivity (Wildman–Crippen MR) is 71.4 cm³/mol. The standard InChI is InChI=1S/C13H15ClFNO4/c1-13(2,3)20-12(19)16-6-7-4-8(11(17)18)9(14)5-10(7)15/h4-5H,6H2,1-3H3,(H,16,19)(H,17,18). The van der Waals surface area contributed by atoms with Gasteiger partial charge in [-0.3, -0.25) is 0 Å². The number of halogens is 2. The van der Waals surface area contributed by atoms with Crippen LogP contribution in [-0.4, -0.2) is 22.8 Å². The molecule has 1 aromatic rings. The van der Waals surface area contributed by atoms with E-state index in [-0.39, 0.29) is 22.7 Å². The molecular formula is C13H15ClFNO4. The summed E-state index contributed by atoms with van der Waals surface area (Å²) in [5.74, 6) is -1.97. The van der Waals surface area contributed by atoms with Crippen molar-refractivity contribution in [3.05, 3.63) is 34.1 Å². The highest BCUT2D eigenvalue weighted by molar-refractivity contribution is 6.33. The molecule has 7 heteroatoms. The van der Waals surface area contributed by atoms with E-state index in [9.17, 15) is 14.0 Å². The third kappa shape index (κ3) is 4.70. The Bertz CT molecular complexity index is 540. The van der Waals surface area contributed by atoms with Gasteiger partial charge < -0.3 is 15.2 Å². The monoisotopic (exact) mass is 303 g/mol. The van der Waals surface area contributed by atoms with Gasteiger partial charge in [0.25, 0.3) is 0 Å². The number of rotatable bonds is 3. The molecule has 1 amide bonds. The van der Waals surface area contributed by atoms with E-state index in [1.54, 1.807) is 20.8 Å². The van der Waals surface area contributed by atoms with Gasteiger partial charge in [0.05, 0.1) is 10.6 Å². The number of hydrogen-bond donors (Lipinski definition) is 2. The highest BCUT2D eigenvalue weighted by Gasteiger charge is 2.18.